The van der Waals surface area contributed by atoms with Gasteiger partial charge in [0, 0.05) is 16.3 Å². The molecular formula is C12H14Br2N2O. The predicted molar refractivity (Wildman–Crippen MR) is 75.5 cm³/mol. The summed E-state index contributed by atoms with van der Waals surface area (Å²) in [6.45, 7) is 0.632. The van der Waals surface area contributed by atoms with Gasteiger partial charge in [0.05, 0.1) is 16.9 Å². The molecule has 0 saturated heterocycles. The second-order valence-corrected chi connectivity index (χ2v) is 6.34. The average Bonchev–Trinajstić information content (AvgIpc) is 2.96. The summed E-state index contributed by atoms with van der Waals surface area (Å²) in [6.07, 6.45) is 2.84. The Morgan fingerprint density at radius 3 is 2.65 bits per heavy atom. The average molecular weight is 362 g/mol. The Labute approximate surface area is 117 Å². The van der Waals surface area contributed by atoms with Gasteiger partial charge in [-0.25, -0.2) is 0 Å². The van der Waals surface area contributed by atoms with Crippen LogP contribution >= 0.6 is 31.9 Å². The lowest BCUT2D eigenvalue weighted by Crippen LogP contribution is -2.21. The molecule has 0 radical (unpaired) electrons. The van der Waals surface area contributed by atoms with E-state index in [1.165, 1.54) is 0 Å². The highest BCUT2D eigenvalue weighted by atomic mass is 79.9. The van der Waals surface area contributed by atoms with E-state index in [1.54, 1.807) is 0 Å². The van der Waals surface area contributed by atoms with Crippen molar-refractivity contribution < 1.29 is 4.74 Å². The first-order valence-electron chi connectivity index (χ1n) is 5.42. The van der Waals surface area contributed by atoms with Gasteiger partial charge in [-0.15, -0.1) is 0 Å². The van der Waals surface area contributed by atoms with Gasteiger partial charge in [0.15, 0.2) is 0 Å². The molecule has 0 amide bonds. The van der Waals surface area contributed by atoms with Crippen LogP contribution in [0.5, 0.6) is 5.75 Å². The summed E-state index contributed by atoms with van der Waals surface area (Å²) >= 11 is 6.87. The monoisotopic (exact) mass is 360 g/mol. The quantitative estimate of drug-likeness (QED) is 0.620. The van der Waals surface area contributed by atoms with E-state index in [2.05, 4.69) is 31.9 Å². The van der Waals surface area contributed by atoms with Crippen molar-refractivity contribution in [2.24, 2.45) is 11.1 Å². The zero-order valence-corrected chi connectivity index (χ0v) is 12.5. The fourth-order valence-electron chi connectivity index (χ4n) is 1.78. The van der Waals surface area contributed by atoms with Crippen LogP contribution < -0.4 is 10.5 Å². The molecule has 0 aromatic heterocycles. The smallest absolute Gasteiger partial charge is 0.133 e. The lowest BCUT2D eigenvalue weighted by atomic mass is 10.0. The number of rotatable bonds is 5. The second kappa shape index (κ2) is 4.98. The van der Waals surface area contributed by atoms with Crippen molar-refractivity contribution in [1.82, 2.24) is 0 Å². The maximum Gasteiger partial charge on any atom is 0.133 e. The molecule has 92 valence electrons. The number of halogens is 2. The van der Waals surface area contributed by atoms with Gasteiger partial charge in [0.2, 0.25) is 0 Å². The van der Waals surface area contributed by atoms with Crippen LogP contribution in [-0.4, -0.2) is 12.4 Å². The fraction of sp³-hybridized carbons (Fsp3) is 0.417. The molecule has 1 saturated carbocycles. The number of nitrogens with two attached hydrogens (primary N) is 1. The number of hydrogen-bond donors (Lipinski definition) is 2. The van der Waals surface area contributed by atoms with Crippen LogP contribution in [0.4, 0.5) is 0 Å². The fourth-order valence-corrected chi connectivity index (χ4v) is 2.94. The Morgan fingerprint density at radius 2 is 2.12 bits per heavy atom. The van der Waals surface area contributed by atoms with Crippen LogP contribution in [0.15, 0.2) is 27.1 Å². The normalized spacial score (nSPS) is 16.6. The van der Waals surface area contributed by atoms with Crippen molar-refractivity contribution in [3.63, 3.8) is 0 Å². The Hall–Kier alpha value is -0.550. The van der Waals surface area contributed by atoms with Gasteiger partial charge >= 0.3 is 0 Å². The highest BCUT2D eigenvalue weighted by molar-refractivity contribution is 9.11. The van der Waals surface area contributed by atoms with Crippen LogP contribution in [0, 0.1) is 10.8 Å². The largest absolute Gasteiger partial charge is 0.492 e. The Kier molecular flexibility index (Phi) is 3.78. The van der Waals surface area contributed by atoms with E-state index in [9.17, 15) is 0 Å². The molecule has 1 aliphatic carbocycles. The molecule has 0 bridgehead atoms. The van der Waals surface area contributed by atoms with Gasteiger partial charge in [0.1, 0.15) is 5.75 Å². The van der Waals surface area contributed by atoms with Gasteiger partial charge in [-0.05, 0) is 47.0 Å². The van der Waals surface area contributed by atoms with Gasteiger partial charge < -0.3 is 10.5 Å². The third-order valence-electron chi connectivity index (χ3n) is 2.95. The Morgan fingerprint density at radius 1 is 1.41 bits per heavy atom. The standard InChI is InChI=1S/C12H14Br2N2O/c13-8-1-2-10(9(14)5-8)17-7-12(3-4-12)6-11(15)16/h1-2,5H,3-4,6-7H2,(H3,15,16). The molecule has 1 aliphatic rings. The third-order valence-corrected chi connectivity index (χ3v) is 4.06. The zero-order chi connectivity index (χ0) is 12.5. The van der Waals surface area contributed by atoms with Crippen LogP contribution in [0.1, 0.15) is 19.3 Å². The number of hydrogen-bond acceptors (Lipinski definition) is 2. The summed E-state index contributed by atoms with van der Waals surface area (Å²) in [5.41, 5.74) is 5.56. The van der Waals surface area contributed by atoms with Crippen LogP contribution in [0.25, 0.3) is 0 Å². The van der Waals surface area contributed by atoms with Crippen molar-refractivity contribution in [3.8, 4) is 5.75 Å². The van der Waals surface area contributed by atoms with Crippen molar-refractivity contribution in [3.05, 3.63) is 27.1 Å². The third kappa shape index (κ3) is 3.45. The van der Waals surface area contributed by atoms with E-state index >= 15 is 0 Å². The van der Waals surface area contributed by atoms with Crippen LogP contribution in [0.2, 0.25) is 0 Å². The van der Waals surface area contributed by atoms with Gasteiger partial charge in [0.25, 0.3) is 0 Å². The molecule has 1 aromatic carbocycles. The molecule has 0 spiro atoms. The van der Waals surface area contributed by atoms with E-state index < -0.39 is 0 Å². The SMILES string of the molecule is N=C(N)CC1(COc2ccc(Br)cc2Br)CC1. The minimum Gasteiger partial charge on any atom is -0.492 e. The first-order valence-corrected chi connectivity index (χ1v) is 7.00. The molecule has 3 N–H and O–H groups in total. The van der Waals surface area contributed by atoms with Crippen LogP contribution in [0.3, 0.4) is 0 Å². The zero-order valence-electron chi connectivity index (χ0n) is 9.30. The Bertz CT molecular complexity index is 444. The summed E-state index contributed by atoms with van der Waals surface area (Å²) < 4.78 is 7.75. The lowest BCUT2D eigenvalue weighted by molar-refractivity contribution is 0.237. The molecule has 0 aliphatic heterocycles. The van der Waals surface area contributed by atoms with E-state index in [-0.39, 0.29) is 11.3 Å². The molecule has 1 fully saturated rings. The maximum absolute atomic E-state index is 7.35. The molecule has 0 heterocycles. The van der Waals surface area contributed by atoms with E-state index in [4.69, 9.17) is 15.9 Å². The van der Waals surface area contributed by atoms with Crippen molar-refractivity contribution in [2.45, 2.75) is 19.3 Å². The van der Waals surface area contributed by atoms with Gasteiger partial charge in [-0.3, -0.25) is 5.41 Å². The minimum atomic E-state index is 0.109. The van der Waals surface area contributed by atoms with Gasteiger partial charge in [-0.1, -0.05) is 15.9 Å². The van der Waals surface area contributed by atoms with Gasteiger partial charge in [-0.2, -0.15) is 0 Å². The molecule has 5 heteroatoms. The highest BCUT2D eigenvalue weighted by Gasteiger charge is 2.44. The lowest BCUT2D eigenvalue weighted by Gasteiger charge is -2.16. The van der Waals surface area contributed by atoms with Crippen molar-refractivity contribution >= 4 is 37.7 Å². The number of benzene rings is 1. The summed E-state index contributed by atoms with van der Waals surface area (Å²) in [4.78, 5) is 0. The van der Waals surface area contributed by atoms with E-state index in [0.29, 0.717) is 13.0 Å². The number of amidine groups is 1. The first kappa shape index (κ1) is 12.9. The molecule has 2 rings (SSSR count). The van der Waals surface area contributed by atoms with E-state index in [1.807, 2.05) is 18.2 Å². The molecule has 17 heavy (non-hydrogen) atoms. The summed E-state index contributed by atoms with van der Waals surface area (Å²) in [7, 11) is 0. The topological polar surface area (TPSA) is 59.1 Å². The number of ether oxygens (including phenoxy) is 1. The molecule has 3 nitrogen and oxygen atoms in total. The van der Waals surface area contributed by atoms with Crippen molar-refractivity contribution in [1.29, 1.82) is 5.41 Å². The maximum atomic E-state index is 7.35. The van der Waals surface area contributed by atoms with Crippen LogP contribution in [-0.2, 0) is 0 Å². The first-order chi connectivity index (χ1) is 8.01. The highest BCUT2D eigenvalue weighted by Crippen LogP contribution is 2.49. The molecular weight excluding hydrogens is 348 g/mol. The molecule has 0 atom stereocenters. The summed E-state index contributed by atoms with van der Waals surface area (Å²) in [5.74, 6) is 1.09. The molecule has 1 aromatic rings. The summed E-state index contributed by atoms with van der Waals surface area (Å²) in [6, 6.07) is 5.84. The van der Waals surface area contributed by atoms with Crippen molar-refractivity contribution in [2.75, 3.05) is 6.61 Å². The minimum absolute atomic E-state index is 0.109. The predicted octanol–water partition coefficient (Wildman–Crippen LogP) is 3.70. The Balaban J connectivity index is 1.96. The second-order valence-electron chi connectivity index (χ2n) is 4.57. The molecule has 0 unspecified atom stereocenters. The summed E-state index contributed by atoms with van der Waals surface area (Å²) in [5, 5.41) is 7.35. The number of nitrogens with one attached hydrogen (secondary N) is 1. The van der Waals surface area contributed by atoms with E-state index in [0.717, 1.165) is 27.5 Å².